The summed E-state index contributed by atoms with van der Waals surface area (Å²) in [4.78, 5) is 14.4. The molecule has 0 aliphatic carbocycles. The maximum absolute atomic E-state index is 12.4. The van der Waals surface area contributed by atoms with Crippen molar-refractivity contribution in [1.29, 1.82) is 0 Å². The van der Waals surface area contributed by atoms with Crippen LogP contribution in [0, 0.1) is 0 Å². The Bertz CT molecular complexity index is 641. The van der Waals surface area contributed by atoms with E-state index in [1.165, 1.54) is 5.56 Å². The number of carbonyl (C=O) groups is 1. The second kappa shape index (κ2) is 8.34. The molecule has 0 aromatic heterocycles. The fraction of sp³-hybridized carbons (Fsp3) is 0.316. The lowest BCUT2D eigenvalue weighted by atomic mass is 10.1. The number of carbonyl (C=O) groups excluding carboxylic acids is 1. The van der Waals surface area contributed by atoms with Crippen LogP contribution in [0.5, 0.6) is 5.75 Å². The second-order valence-electron chi connectivity index (χ2n) is 5.68. The van der Waals surface area contributed by atoms with Crippen molar-refractivity contribution in [1.82, 2.24) is 4.90 Å². The third-order valence-corrected chi connectivity index (χ3v) is 3.50. The number of nitrogen functional groups attached to an aromatic ring is 1. The average Bonchev–Trinajstić information content (AvgIpc) is 2.54. The molecule has 0 amide bonds. The quantitative estimate of drug-likeness (QED) is 0.600. The highest BCUT2D eigenvalue weighted by atomic mass is 16.5. The molecule has 2 rings (SSSR count). The lowest BCUT2D eigenvalue weighted by molar-refractivity contribution is 0.0943. The second-order valence-corrected chi connectivity index (χ2v) is 5.68. The molecule has 2 N–H and O–H groups in total. The molecule has 0 fully saturated rings. The van der Waals surface area contributed by atoms with Gasteiger partial charge in [0.15, 0.2) is 5.78 Å². The number of hydrogen-bond acceptors (Lipinski definition) is 4. The van der Waals surface area contributed by atoms with E-state index in [-0.39, 0.29) is 5.78 Å². The van der Waals surface area contributed by atoms with Gasteiger partial charge in [0.1, 0.15) is 5.75 Å². The van der Waals surface area contributed by atoms with Crippen molar-refractivity contribution < 1.29 is 9.53 Å². The predicted octanol–water partition coefficient (Wildman–Crippen LogP) is 3.37. The number of benzene rings is 2. The molecule has 0 saturated heterocycles. The van der Waals surface area contributed by atoms with Crippen LogP contribution in [0.25, 0.3) is 0 Å². The first-order chi connectivity index (χ1) is 11.1. The molecule has 0 unspecified atom stereocenters. The highest BCUT2D eigenvalue weighted by Gasteiger charge is 2.12. The van der Waals surface area contributed by atoms with E-state index in [4.69, 9.17) is 10.5 Å². The Hall–Kier alpha value is -2.33. The van der Waals surface area contributed by atoms with Crippen LogP contribution in [0.2, 0.25) is 0 Å². The van der Waals surface area contributed by atoms with Crippen molar-refractivity contribution in [2.45, 2.75) is 19.9 Å². The number of rotatable bonds is 8. The fourth-order valence-corrected chi connectivity index (χ4v) is 2.35. The van der Waals surface area contributed by atoms with E-state index in [0.717, 1.165) is 13.0 Å². The SMILES string of the molecule is CCCOc1ccc(C(=O)CN(C)Cc2ccccc2)cc1N. The van der Waals surface area contributed by atoms with Gasteiger partial charge in [0.2, 0.25) is 0 Å². The molecule has 0 saturated carbocycles. The van der Waals surface area contributed by atoms with Gasteiger partial charge in [-0.1, -0.05) is 37.3 Å². The van der Waals surface area contributed by atoms with Crippen LogP contribution >= 0.6 is 0 Å². The summed E-state index contributed by atoms with van der Waals surface area (Å²) in [5.74, 6) is 0.693. The molecule has 23 heavy (non-hydrogen) atoms. The summed E-state index contributed by atoms with van der Waals surface area (Å²) < 4.78 is 5.53. The van der Waals surface area contributed by atoms with Crippen LogP contribution in [-0.2, 0) is 6.54 Å². The molecule has 2 aromatic carbocycles. The standard InChI is InChI=1S/C19H24N2O2/c1-3-11-23-19-10-9-16(12-17(19)20)18(22)14-21(2)13-15-7-5-4-6-8-15/h4-10,12H,3,11,13-14,20H2,1-2H3. The molecular formula is C19H24N2O2. The van der Waals surface area contributed by atoms with Gasteiger partial charge in [-0.15, -0.1) is 0 Å². The van der Waals surface area contributed by atoms with Gasteiger partial charge in [-0.05, 0) is 37.2 Å². The van der Waals surface area contributed by atoms with Gasteiger partial charge in [0.25, 0.3) is 0 Å². The maximum atomic E-state index is 12.4. The average molecular weight is 312 g/mol. The van der Waals surface area contributed by atoms with Crippen molar-refractivity contribution in [3.8, 4) is 5.75 Å². The lowest BCUT2D eigenvalue weighted by Gasteiger charge is -2.16. The molecule has 122 valence electrons. The Morgan fingerprint density at radius 2 is 1.91 bits per heavy atom. The molecular weight excluding hydrogens is 288 g/mol. The van der Waals surface area contributed by atoms with Crippen molar-refractivity contribution in [2.24, 2.45) is 0 Å². The largest absolute Gasteiger partial charge is 0.491 e. The van der Waals surface area contributed by atoms with E-state index < -0.39 is 0 Å². The Morgan fingerprint density at radius 3 is 2.57 bits per heavy atom. The summed E-state index contributed by atoms with van der Waals surface area (Å²) >= 11 is 0. The molecule has 2 aromatic rings. The van der Waals surface area contributed by atoms with Gasteiger partial charge >= 0.3 is 0 Å². The number of anilines is 1. The molecule has 4 heteroatoms. The van der Waals surface area contributed by atoms with Gasteiger partial charge < -0.3 is 10.5 Å². The highest BCUT2D eigenvalue weighted by Crippen LogP contribution is 2.23. The third-order valence-electron chi connectivity index (χ3n) is 3.50. The van der Waals surface area contributed by atoms with Crippen molar-refractivity contribution in [3.05, 3.63) is 59.7 Å². The Labute approximate surface area is 137 Å². The number of ether oxygens (including phenoxy) is 1. The molecule has 0 aliphatic rings. The molecule has 0 heterocycles. The van der Waals surface area contributed by atoms with Gasteiger partial charge in [-0.3, -0.25) is 9.69 Å². The van der Waals surface area contributed by atoms with Crippen LogP contribution in [0.3, 0.4) is 0 Å². The van der Waals surface area contributed by atoms with Gasteiger partial charge in [0.05, 0.1) is 18.8 Å². The summed E-state index contributed by atoms with van der Waals surface area (Å²) in [6.45, 7) is 3.75. The number of nitrogens with two attached hydrogens (primary N) is 1. The van der Waals surface area contributed by atoms with E-state index in [1.54, 1.807) is 18.2 Å². The van der Waals surface area contributed by atoms with Crippen molar-refractivity contribution in [3.63, 3.8) is 0 Å². The zero-order chi connectivity index (χ0) is 16.7. The normalized spacial score (nSPS) is 10.7. The van der Waals surface area contributed by atoms with Crippen LogP contribution in [0.4, 0.5) is 5.69 Å². The Balaban J connectivity index is 1.96. The highest BCUT2D eigenvalue weighted by molar-refractivity contribution is 5.98. The summed E-state index contributed by atoms with van der Waals surface area (Å²) in [6.07, 6.45) is 0.921. The van der Waals surface area contributed by atoms with E-state index in [0.29, 0.717) is 30.2 Å². The molecule has 0 bridgehead atoms. The third kappa shape index (κ3) is 5.11. The summed E-state index contributed by atoms with van der Waals surface area (Å²) in [7, 11) is 1.94. The molecule has 0 aliphatic heterocycles. The van der Waals surface area contributed by atoms with Crippen molar-refractivity contribution >= 4 is 11.5 Å². The van der Waals surface area contributed by atoms with Gasteiger partial charge in [-0.25, -0.2) is 0 Å². The number of Topliss-reactive ketones (excluding diaryl/α,β-unsaturated/α-hetero) is 1. The Kier molecular flexibility index (Phi) is 6.18. The van der Waals surface area contributed by atoms with Crippen LogP contribution in [0.15, 0.2) is 48.5 Å². The van der Waals surface area contributed by atoms with Gasteiger partial charge in [0, 0.05) is 12.1 Å². The smallest absolute Gasteiger partial charge is 0.176 e. The minimum Gasteiger partial charge on any atom is -0.491 e. The minimum absolute atomic E-state index is 0.0529. The first-order valence-electron chi connectivity index (χ1n) is 7.88. The monoisotopic (exact) mass is 312 g/mol. The predicted molar refractivity (Wildman–Crippen MR) is 93.7 cm³/mol. The number of ketones is 1. The van der Waals surface area contributed by atoms with Crippen molar-refractivity contribution in [2.75, 3.05) is 25.9 Å². The van der Waals surface area contributed by atoms with E-state index in [9.17, 15) is 4.79 Å². The number of nitrogens with zero attached hydrogens (tertiary/aromatic N) is 1. The number of hydrogen-bond donors (Lipinski definition) is 1. The lowest BCUT2D eigenvalue weighted by Crippen LogP contribution is -2.25. The van der Waals surface area contributed by atoms with Crippen LogP contribution in [0.1, 0.15) is 29.3 Å². The Morgan fingerprint density at radius 1 is 1.17 bits per heavy atom. The summed E-state index contributed by atoms with van der Waals surface area (Å²) in [6, 6.07) is 15.3. The van der Waals surface area contributed by atoms with E-state index in [1.807, 2.05) is 37.1 Å². The topological polar surface area (TPSA) is 55.6 Å². The molecule has 0 radical (unpaired) electrons. The van der Waals surface area contributed by atoms with E-state index in [2.05, 4.69) is 12.1 Å². The molecule has 0 atom stereocenters. The van der Waals surface area contributed by atoms with Gasteiger partial charge in [-0.2, -0.15) is 0 Å². The summed E-state index contributed by atoms with van der Waals surface area (Å²) in [5.41, 5.74) is 8.28. The number of likely N-dealkylation sites (N-methyl/N-ethyl adjacent to an activating group) is 1. The van der Waals surface area contributed by atoms with Crippen LogP contribution < -0.4 is 10.5 Å². The first kappa shape index (κ1) is 17.0. The first-order valence-corrected chi connectivity index (χ1v) is 7.88. The zero-order valence-electron chi connectivity index (χ0n) is 13.8. The molecule has 0 spiro atoms. The molecule has 4 nitrogen and oxygen atoms in total. The fourth-order valence-electron chi connectivity index (χ4n) is 2.35. The minimum atomic E-state index is 0.0529. The summed E-state index contributed by atoms with van der Waals surface area (Å²) in [5, 5.41) is 0. The van der Waals surface area contributed by atoms with E-state index >= 15 is 0 Å². The zero-order valence-corrected chi connectivity index (χ0v) is 13.8. The maximum Gasteiger partial charge on any atom is 0.176 e. The van der Waals surface area contributed by atoms with Crippen LogP contribution in [-0.4, -0.2) is 30.9 Å².